The first-order valence-electron chi connectivity index (χ1n) is 11.3. The van der Waals surface area contributed by atoms with Crippen LogP contribution >= 0.6 is 0 Å². The number of halogens is 3. The van der Waals surface area contributed by atoms with Crippen LogP contribution < -0.4 is 10.2 Å². The summed E-state index contributed by atoms with van der Waals surface area (Å²) >= 11 is 0. The van der Waals surface area contributed by atoms with Crippen molar-refractivity contribution in [3.63, 3.8) is 0 Å². The zero-order valence-corrected chi connectivity index (χ0v) is 19.9. The van der Waals surface area contributed by atoms with Crippen molar-refractivity contribution in [2.75, 3.05) is 29.9 Å². The van der Waals surface area contributed by atoms with Gasteiger partial charge in [-0.1, -0.05) is 58.0 Å². The third kappa shape index (κ3) is 6.88. The van der Waals surface area contributed by atoms with E-state index in [1.807, 2.05) is 36.4 Å². The maximum atomic E-state index is 12.9. The lowest BCUT2D eigenvalue weighted by molar-refractivity contribution is -0.150. The van der Waals surface area contributed by atoms with Crippen LogP contribution in [0.3, 0.4) is 0 Å². The second-order valence-electron chi connectivity index (χ2n) is 9.25. The summed E-state index contributed by atoms with van der Waals surface area (Å²) in [6, 6.07) is 13.1. The molecule has 1 amide bonds. The van der Waals surface area contributed by atoms with Gasteiger partial charge in [0.2, 0.25) is 5.91 Å². The molecule has 3 rings (SSSR count). The van der Waals surface area contributed by atoms with Crippen molar-refractivity contribution in [3.8, 4) is 11.1 Å². The molecule has 0 radical (unpaired) electrons. The number of carbonyl (C=O) groups is 1. The van der Waals surface area contributed by atoms with Crippen molar-refractivity contribution in [2.45, 2.75) is 40.3 Å². The molecule has 9 heteroatoms. The van der Waals surface area contributed by atoms with E-state index in [4.69, 9.17) is 0 Å². The fourth-order valence-corrected chi connectivity index (χ4v) is 3.95. The Morgan fingerprint density at radius 3 is 2.24 bits per heavy atom. The van der Waals surface area contributed by atoms with Crippen LogP contribution in [0.1, 0.15) is 39.7 Å². The summed E-state index contributed by atoms with van der Waals surface area (Å²) in [7, 11) is 0. The molecule has 0 spiro atoms. The molecule has 0 saturated heterocycles. The highest BCUT2D eigenvalue weighted by Crippen LogP contribution is 2.35. The van der Waals surface area contributed by atoms with Gasteiger partial charge in [0.1, 0.15) is 13.0 Å². The monoisotopic (exact) mass is 473 g/mol. The molecule has 0 fully saturated rings. The largest absolute Gasteiger partial charge is 0.397 e. The summed E-state index contributed by atoms with van der Waals surface area (Å²) in [6.45, 7) is 10.1. The number of hydrogen-bond donors (Lipinski definition) is 1. The lowest BCUT2D eigenvalue weighted by Crippen LogP contribution is -2.32. The molecule has 0 atom stereocenters. The first-order valence-corrected chi connectivity index (χ1v) is 11.3. The average Bonchev–Trinajstić information content (AvgIpc) is 3.26. The van der Waals surface area contributed by atoms with Gasteiger partial charge in [0.15, 0.2) is 0 Å². The van der Waals surface area contributed by atoms with Gasteiger partial charge in [-0.25, -0.2) is 0 Å². The van der Waals surface area contributed by atoms with Gasteiger partial charge in [0, 0.05) is 18.7 Å². The summed E-state index contributed by atoms with van der Waals surface area (Å²) in [5.41, 5.74) is 4.20. The summed E-state index contributed by atoms with van der Waals surface area (Å²) in [5, 5.41) is 14.2. The summed E-state index contributed by atoms with van der Waals surface area (Å²) in [6.07, 6.45) is -6.13. The predicted octanol–water partition coefficient (Wildman–Crippen LogP) is 6.53. The van der Waals surface area contributed by atoms with Gasteiger partial charge in [-0.05, 0) is 40.3 Å². The number of nitrogens with one attached hydrogen (secondary N) is 1. The highest BCUT2D eigenvalue weighted by molar-refractivity contribution is 6.08. The number of hydrogen-bond acceptors (Lipinski definition) is 5. The molecule has 182 valence electrons. The number of benzene rings is 2. The molecule has 2 aromatic carbocycles. The molecule has 0 bridgehead atoms. The molecule has 1 heterocycles. The number of anilines is 2. The zero-order valence-electron chi connectivity index (χ0n) is 19.9. The molecule has 2 aromatic rings. The van der Waals surface area contributed by atoms with Crippen molar-refractivity contribution in [1.29, 1.82) is 0 Å². The zero-order chi connectivity index (χ0) is 24.9. The van der Waals surface area contributed by atoms with Crippen molar-refractivity contribution in [3.05, 3.63) is 48.0 Å². The van der Waals surface area contributed by atoms with Gasteiger partial charge in [-0.2, -0.15) is 18.3 Å². The Hall–Kier alpha value is -3.23. The van der Waals surface area contributed by atoms with Crippen LogP contribution in [0.15, 0.2) is 57.9 Å². The van der Waals surface area contributed by atoms with Crippen LogP contribution in [-0.2, 0) is 4.79 Å². The Labute approximate surface area is 198 Å². The summed E-state index contributed by atoms with van der Waals surface area (Å²) in [4.78, 5) is 14.4. The van der Waals surface area contributed by atoms with Crippen LogP contribution in [0.4, 0.5) is 24.5 Å². The fraction of sp³-hybridized carbons (Fsp3) is 0.440. The van der Waals surface area contributed by atoms with Crippen LogP contribution in [0, 0.1) is 11.8 Å². The Morgan fingerprint density at radius 2 is 1.68 bits per heavy atom. The van der Waals surface area contributed by atoms with Gasteiger partial charge in [0.05, 0.1) is 17.1 Å². The number of amides is 1. The molecule has 0 aromatic heterocycles. The highest BCUT2D eigenvalue weighted by atomic mass is 19.4. The summed E-state index contributed by atoms with van der Waals surface area (Å²) < 4.78 is 38.6. The van der Waals surface area contributed by atoms with E-state index in [0.717, 1.165) is 16.7 Å². The molecular weight excluding hydrogens is 443 g/mol. The van der Waals surface area contributed by atoms with Crippen LogP contribution in [0.2, 0.25) is 0 Å². The molecule has 0 unspecified atom stereocenters. The van der Waals surface area contributed by atoms with Crippen molar-refractivity contribution in [2.24, 2.45) is 27.3 Å². The molecular formula is C25H30F3N5O. The van der Waals surface area contributed by atoms with E-state index >= 15 is 0 Å². The molecule has 0 aliphatic carbocycles. The van der Waals surface area contributed by atoms with Crippen LogP contribution in [0.25, 0.3) is 11.1 Å². The first-order chi connectivity index (χ1) is 16.0. The van der Waals surface area contributed by atoms with Gasteiger partial charge in [-0.15, -0.1) is 5.10 Å². The van der Waals surface area contributed by atoms with E-state index in [-0.39, 0.29) is 0 Å². The number of rotatable bonds is 9. The van der Waals surface area contributed by atoms with Gasteiger partial charge in [0.25, 0.3) is 0 Å². The normalized spacial score (nSPS) is 13.5. The minimum absolute atomic E-state index is 0.325. The SMILES string of the molecule is CC(C)CN(CC(C)C)c1ccc(-c2ccccc2C2=NN=NC2)cc1NC(=O)CC(F)(F)F. The number of carbonyl (C=O) groups excluding carboxylic acids is 1. The van der Waals surface area contributed by atoms with E-state index in [9.17, 15) is 18.0 Å². The van der Waals surface area contributed by atoms with Crippen LogP contribution in [0.5, 0.6) is 0 Å². The van der Waals surface area contributed by atoms with E-state index in [1.165, 1.54) is 0 Å². The number of alkyl halides is 3. The van der Waals surface area contributed by atoms with E-state index < -0.39 is 18.5 Å². The molecule has 1 N–H and O–H groups in total. The molecule has 1 aliphatic heterocycles. The highest BCUT2D eigenvalue weighted by Gasteiger charge is 2.31. The maximum Gasteiger partial charge on any atom is 0.397 e. The van der Waals surface area contributed by atoms with E-state index in [0.29, 0.717) is 48.6 Å². The Bertz CT molecular complexity index is 1070. The first kappa shape index (κ1) is 25.4. The Kier molecular flexibility index (Phi) is 8.06. The third-order valence-corrected chi connectivity index (χ3v) is 5.14. The lowest BCUT2D eigenvalue weighted by atomic mass is 9.95. The quantitative estimate of drug-likeness (QED) is 0.450. The topological polar surface area (TPSA) is 69.4 Å². The lowest BCUT2D eigenvalue weighted by Gasteiger charge is -2.31. The Balaban J connectivity index is 2.07. The van der Waals surface area contributed by atoms with E-state index in [1.54, 1.807) is 6.07 Å². The molecule has 6 nitrogen and oxygen atoms in total. The third-order valence-electron chi connectivity index (χ3n) is 5.14. The second kappa shape index (κ2) is 10.8. The molecule has 34 heavy (non-hydrogen) atoms. The minimum atomic E-state index is -4.59. The minimum Gasteiger partial charge on any atom is -0.369 e. The van der Waals surface area contributed by atoms with Gasteiger partial charge < -0.3 is 10.2 Å². The van der Waals surface area contributed by atoms with Crippen LogP contribution in [-0.4, -0.2) is 37.4 Å². The van der Waals surface area contributed by atoms with Crippen molar-refractivity contribution < 1.29 is 18.0 Å². The van der Waals surface area contributed by atoms with Crippen molar-refractivity contribution in [1.82, 2.24) is 0 Å². The standard InChI is InChI=1S/C25H30F3N5O/c1-16(2)14-33(15-17(3)4)23-10-9-18(11-21(23)30-24(34)12-25(26,27)28)19-7-5-6-8-20(19)22-13-29-32-31-22/h5-11,16-17H,12-15H2,1-4H3,(H,30,34). The maximum absolute atomic E-state index is 12.9. The van der Waals surface area contributed by atoms with E-state index in [2.05, 4.69) is 53.4 Å². The second-order valence-corrected chi connectivity index (χ2v) is 9.25. The average molecular weight is 474 g/mol. The van der Waals surface area contributed by atoms with Gasteiger partial charge in [-0.3, -0.25) is 4.79 Å². The smallest absolute Gasteiger partial charge is 0.369 e. The van der Waals surface area contributed by atoms with Gasteiger partial charge >= 0.3 is 6.18 Å². The molecule has 0 saturated carbocycles. The van der Waals surface area contributed by atoms with Crippen molar-refractivity contribution >= 4 is 23.0 Å². The number of nitrogens with zero attached hydrogens (tertiary/aromatic N) is 4. The Morgan fingerprint density at radius 1 is 1.03 bits per heavy atom. The molecule has 1 aliphatic rings. The predicted molar refractivity (Wildman–Crippen MR) is 129 cm³/mol. The fourth-order valence-electron chi connectivity index (χ4n) is 3.95. The summed E-state index contributed by atoms with van der Waals surface area (Å²) in [5.74, 6) is -0.442.